The van der Waals surface area contributed by atoms with Crippen molar-refractivity contribution in [1.82, 2.24) is 15.1 Å². The van der Waals surface area contributed by atoms with Crippen molar-refractivity contribution in [3.05, 3.63) is 62.7 Å². The average molecular weight is 916 g/mol. The number of rotatable bonds is 5. The van der Waals surface area contributed by atoms with Crippen LogP contribution in [0.5, 0.6) is 40.2 Å². The van der Waals surface area contributed by atoms with E-state index in [2.05, 4.69) is 5.32 Å². The van der Waals surface area contributed by atoms with Gasteiger partial charge in [0.1, 0.15) is 18.6 Å². The summed E-state index contributed by atoms with van der Waals surface area (Å²) in [7, 11) is 4.36. The maximum atomic E-state index is 15.2. The number of aliphatic hydroxyl groups excluding tert-OH is 1. The number of aliphatic hydroxyl groups is 1. The van der Waals surface area contributed by atoms with Crippen LogP contribution in [0.1, 0.15) is 61.8 Å². The van der Waals surface area contributed by atoms with Gasteiger partial charge in [-0.1, -0.05) is 6.07 Å². The van der Waals surface area contributed by atoms with Crippen molar-refractivity contribution >= 4 is 23.7 Å². The number of halogens is 7. The lowest BCUT2D eigenvalue weighted by Crippen LogP contribution is -2.70. The van der Waals surface area contributed by atoms with E-state index >= 15 is 8.78 Å². The fourth-order valence-electron chi connectivity index (χ4n) is 10.3. The molecule has 2 fully saturated rings. The van der Waals surface area contributed by atoms with Crippen LogP contribution >= 0.6 is 11.8 Å². The van der Waals surface area contributed by atoms with Crippen LogP contribution in [0.3, 0.4) is 0 Å². The van der Waals surface area contributed by atoms with Crippen LogP contribution in [0.4, 0.5) is 30.7 Å². The van der Waals surface area contributed by atoms with Crippen LogP contribution in [-0.2, 0) is 32.7 Å². The fourth-order valence-corrected chi connectivity index (χ4v) is 12.0. The van der Waals surface area contributed by atoms with Crippen molar-refractivity contribution in [3.63, 3.8) is 0 Å². The number of alkyl halides is 7. The Morgan fingerprint density at radius 1 is 0.952 bits per heavy atom. The number of aromatic hydroxyl groups is 2. The lowest BCUT2D eigenvalue weighted by molar-refractivity contribution is -0.346. The Balaban J connectivity index is 1.32. The molecule has 3 aromatic rings. The van der Waals surface area contributed by atoms with Crippen LogP contribution < -0.4 is 29.0 Å². The molecule has 7 aliphatic rings. The largest absolute Gasteiger partial charge is 0.504 e. The standard InChI is InChI=1S/C41H40F7N3O11S/c1-15-8-18-9-20-35(54)51-21-12-59-36(55)38(19-11-23(57-4)22(52)10-17(19)6-7-49-38)13-63-34(28(51)27(50(20)3)24(18)29(53)30(15)58-5)26-25(21)33-32(60-14-61-33)16(2)31(26)62-37(56)39(42,43)40(44,45)41(46,47)48/h8,10-11,20-21,27-28,34-35,49,52-54H,6-7,9,12-14H2,1-5H3/t20-,21-,27+,28?,34+,35-,38+/m0/s1. The minimum atomic E-state index is -6.87. The summed E-state index contributed by atoms with van der Waals surface area (Å²) < 4.78 is 134. The number of methoxy groups -OCH3 is 2. The molecule has 1 spiro atoms. The molecule has 22 heteroatoms. The van der Waals surface area contributed by atoms with Crippen LogP contribution in [0.25, 0.3) is 0 Å². The number of nitrogens with zero attached hydrogens (tertiary/aromatic N) is 2. The molecule has 7 heterocycles. The molecule has 7 atom stereocenters. The summed E-state index contributed by atoms with van der Waals surface area (Å²) in [6, 6.07) is 0.602. The van der Waals surface area contributed by atoms with E-state index < -0.39 is 90.3 Å². The first kappa shape index (κ1) is 43.4. The highest BCUT2D eigenvalue weighted by atomic mass is 32.2. The van der Waals surface area contributed by atoms with Crippen LogP contribution in [-0.4, -0.2) is 120 Å². The van der Waals surface area contributed by atoms with E-state index in [1.54, 1.807) is 29.8 Å². The summed E-state index contributed by atoms with van der Waals surface area (Å²) in [6.45, 7) is 2.00. The predicted octanol–water partition coefficient (Wildman–Crippen LogP) is 5.23. The number of nitrogens with one attached hydrogen (secondary N) is 1. The molecule has 0 amide bonds. The number of fused-ring (bicyclic) bond motifs is 9. The number of ether oxygens (including phenoxy) is 6. The van der Waals surface area contributed by atoms with Gasteiger partial charge in [0.25, 0.3) is 0 Å². The Morgan fingerprint density at radius 2 is 1.67 bits per heavy atom. The number of thioether (sulfide) groups is 1. The first-order valence-corrected chi connectivity index (χ1v) is 20.7. The summed E-state index contributed by atoms with van der Waals surface area (Å²) in [6.07, 6.45) is -7.74. The summed E-state index contributed by atoms with van der Waals surface area (Å²) >= 11 is 0.969. The van der Waals surface area contributed by atoms with E-state index in [0.717, 1.165) is 11.8 Å². The normalized spacial score (nSPS) is 27.8. The monoisotopic (exact) mass is 915 g/mol. The quantitative estimate of drug-likeness (QED) is 0.149. The molecule has 340 valence electrons. The lowest BCUT2D eigenvalue weighted by atomic mass is 9.73. The molecule has 2 saturated heterocycles. The van der Waals surface area contributed by atoms with Gasteiger partial charge in [0.05, 0.1) is 37.6 Å². The SMILES string of the molecule is COc1cc2c(cc1O)CCN[C@]21CS[C@@H]2c3c(OC(=O)C(F)(F)C(F)(F)C(F)(F)F)c(C)c4c(c3[C@H](COC1=O)N1C2[C@H]2c3c(cc(C)c(OC)c3O)C[C@@H]([C@@H]1O)N2C)OCO4. The van der Waals surface area contributed by atoms with Gasteiger partial charge < -0.3 is 43.7 Å². The number of benzene rings is 3. The summed E-state index contributed by atoms with van der Waals surface area (Å²) in [5, 5.41) is 37.2. The van der Waals surface area contributed by atoms with Crippen molar-refractivity contribution in [3.8, 4) is 40.2 Å². The highest BCUT2D eigenvalue weighted by Gasteiger charge is 2.77. The van der Waals surface area contributed by atoms with E-state index in [4.69, 9.17) is 28.4 Å². The van der Waals surface area contributed by atoms with Crippen molar-refractivity contribution in [2.45, 2.75) is 85.9 Å². The third-order valence-electron chi connectivity index (χ3n) is 13.2. The van der Waals surface area contributed by atoms with Gasteiger partial charge in [0.15, 0.2) is 40.0 Å². The van der Waals surface area contributed by atoms with Crippen LogP contribution in [0.15, 0.2) is 18.2 Å². The van der Waals surface area contributed by atoms with Crippen molar-refractivity contribution in [2.24, 2.45) is 0 Å². The van der Waals surface area contributed by atoms with E-state index in [-0.39, 0.29) is 69.9 Å². The lowest BCUT2D eigenvalue weighted by Gasteiger charge is -2.62. The molecule has 14 nitrogen and oxygen atoms in total. The molecule has 10 rings (SSSR count). The minimum absolute atomic E-state index is 0.0143. The second kappa shape index (κ2) is 14.6. The zero-order valence-electron chi connectivity index (χ0n) is 34.0. The second-order valence-electron chi connectivity index (χ2n) is 16.4. The molecular weight excluding hydrogens is 876 g/mol. The first-order valence-electron chi connectivity index (χ1n) is 19.6. The fraction of sp³-hybridized carbons (Fsp3) is 0.512. The summed E-state index contributed by atoms with van der Waals surface area (Å²) in [4.78, 5) is 31.4. The van der Waals surface area contributed by atoms with Crippen molar-refractivity contribution < 1.29 is 84.1 Å². The number of hydrogen-bond acceptors (Lipinski definition) is 15. The maximum Gasteiger partial charge on any atom is 0.460 e. The second-order valence-corrected chi connectivity index (χ2v) is 17.5. The van der Waals surface area contributed by atoms with E-state index in [1.165, 1.54) is 33.3 Å². The van der Waals surface area contributed by atoms with E-state index in [0.29, 0.717) is 34.2 Å². The highest BCUT2D eigenvalue weighted by Crippen LogP contribution is 2.65. The Bertz CT molecular complexity index is 2460. The molecule has 0 radical (unpaired) electrons. The zero-order valence-corrected chi connectivity index (χ0v) is 34.8. The number of carbonyl (C=O) groups excluding carboxylic acids is 2. The molecule has 3 aromatic carbocycles. The van der Waals surface area contributed by atoms with Crippen molar-refractivity contribution in [1.29, 1.82) is 0 Å². The van der Waals surface area contributed by atoms with E-state index in [9.17, 15) is 46.9 Å². The Hall–Kier alpha value is -4.90. The van der Waals surface area contributed by atoms with Gasteiger partial charge in [-0.15, -0.1) is 11.8 Å². The average Bonchev–Trinajstić information content (AvgIpc) is 3.72. The number of esters is 2. The molecule has 4 N–H and O–H groups in total. The van der Waals surface area contributed by atoms with E-state index in [1.807, 2.05) is 0 Å². The minimum Gasteiger partial charge on any atom is -0.504 e. The number of likely N-dealkylation sites (N-methyl/N-ethyl adjacent to an activating group) is 1. The number of carbonyl (C=O) groups is 2. The number of aryl methyl sites for hydroxylation is 1. The van der Waals surface area contributed by atoms with Gasteiger partial charge in [-0.3, -0.25) is 15.1 Å². The molecule has 0 aliphatic carbocycles. The molecule has 0 aromatic heterocycles. The molecule has 7 aliphatic heterocycles. The summed E-state index contributed by atoms with van der Waals surface area (Å²) in [5.41, 5.74) is 0.218. The van der Waals surface area contributed by atoms with Gasteiger partial charge in [-0.05, 0) is 68.1 Å². The molecular formula is C41H40F7N3O11S. The van der Waals surface area contributed by atoms with Gasteiger partial charge in [-0.2, -0.15) is 30.7 Å². The Kier molecular flexibility index (Phi) is 10.0. The molecule has 63 heavy (non-hydrogen) atoms. The molecule has 1 unspecified atom stereocenters. The number of phenolic OH excluding ortho intramolecular Hbond substituents is 2. The molecule has 4 bridgehead atoms. The third kappa shape index (κ3) is 5.92. The highest BCUT2D eigenvalue weighted by molar-refractivity contribution is 7.99. The zero-order chi connectivity index (χ0) is 45.5. The van der Waals surface area contributed by atoms with Crippen LogP contribution in [0.2, 0.25) is 0 Å². The summed E-state index contributed by atoms with van der Waals surface area (Å²) in [5.74, 6) is -19.1. The Labute approximate surface area is 358 Å². The van der Waals surface area contributed by atoms with Crippen LogP contribution in [0, 0.1) is 13.8 Å². The van der Waals surface area contributed by atoms with Crippen molar-refractivity contribution in [2.75, 3.05) is 47.0 Å². The number of hydrogen-bond donors (Lipinski definition) is 4. The molecule has 0 saturated carbocycles. The topological polar surface area (TPSA) is 169 Å². The third-order valence-corrected chi connectivity index (χ3v) is 14.7. The number of phenols is 2. The predicted molar refractivity (Wildman–Crippen MR) is 205 cm³/mol. The van der Waals surface area contributed by atoms with Gasteiger partial charge in [0.2, 0.25) is 6.79 Å². The first-order chi connectivity index (χ1) is 29.6. The Morgan fingerprint density at radius 3 is 2.35 bits per heavy atom. The number of piperazine rings is 1. The smallest absolute Gasteiger partial charge is 0.460 e. The van der Waals surface area contributed by atoms with Gasteiger partial charge >= 0.3 is 30.0 Å². The van der Waals surface area contributed by atoms with Gasteiger partial charge in [0, 0.05) is 40.6 Å². The maximum absolute atomic E-state index is 15.2. The van der Waals surface area contributed by atoms with Gasteiger partial charge in [-0.25, -0.2) is 9.59 Å².